The van der Waals surface area contributed by atoms with Crippen molar-refractivity contribution < 1.29 is 24.2 Å². The molecule has 4 rings (SSSR count). The van der Waals surface area contributed by atoms with Gasteiger partial charge in [-0.15, -0.1) is 24.9 Å². The summed E-state index contributed by atoms with van der Waals surface area (Å²) in [5, 5.41) is 10.4. The third-order valence-corrected chi connectivity index (χ3v) is 11.1. The second-order valence-electron chi connectivity index (χ2n) is 11.2. The quantitative estimate of drug-likeness (QED) is 0.187. The number of hydrogen-bond acceptors (Lipinski definition) is 6. The lowest BCUT2D eigenvalue weighted by Gasteiger charge is -2.43. The Hall–Kier alpha value is -2.10. The van der Waals surface area contributed by atoms with E-state index in [4.69, 9.17) is 4.74 Å². The Morgan fingerprint density at radius 2 is 1.97 bits per heavy atom. The molecule has 1 N–H and O–H groups in total. The van der Waals surface area contributed by atoms with E-state index in [-0.39, 0.29) is 35.1 Å². The SMILES string of the molecule is C=CCCOC(=O)[C@H]1[C@H]2C(=O)N([C@H](CO)c3ccccc3)C(C(=O)N(CC=C)C(C)(C)C)C23CC(Br)[C@@H]1S3. The van der Waals surface area contributed by atoms with E-state index < -0.39 is 40.2 Å². The van der Waals surface area contributed by atoms with Crippen LogP contribution in [-0.4, -0.2) is 78.9 Å². The lowest BCUT2D eigenvalue weighted by Crippen LogP contribution is -2.59. The second kappa shape index (κ2) is 11.2. The number of likely N-dealkylation sites (tertiary alicyclic amines) is 1. The maximum atomic E-state index is 14.6. The van der Waals surface area contributed by atoms with Gasteiger partial charge in [0.05, 0.1) is 35.8 Å². The van der Waals surface area contributed by atoms with Crippen molar-refractivity contribution in [2.75, 3.05) is 19.8 Å². The van der Waals surface area contributed by atoms with E-state index in [9.17, 15) is 19.5 Å². The van der Waals surface area contributed by atoms with Crippen molar-refractivity contribution >= 4 is 45.5 Å². The fourth-order valence-corrected chi connectivity index (χ4v) is 9.87. The van der Waals surface area contributed by atoms with E-state index in [1.54, 1.807) is 33.7 Å². The van der Waals surface area contributed by atoms with Gasteiger partial charge in [0.2, 0.25) is 11.8 Å². The molecule has 7 atom stereocenters. The van der Waals surface area contributed by atoms with Crippen molar-refractivity contribution in [1.29, 1.82) is 0 Å². The van der Waals surface area contributed by atoms with E-state index in [2.05, 4.69) is 29.1 Å². The van der Waals surface area contributed by atoms with Crippen LogP contribution in [0.25, 0.3) is 0 Å². The number of esters is 1. The second-order valence-corrected chi connectivity index (χ2v) is 13.9. The summed E-state index contributed by atoms with van der Waals surface area (Å²) in [6.45, 7) is 13.6. The molecule has 0 radical (unpaired) electrons. The van der Waals surface area contributed by atoms with Gasteiger partial charge in [-0.25, -0.2) is 0 Å². The highest BCUT2D eigenvalue weighted by molar-refractivity contribution is 9.09. The van der Waals surface area contributed by atoms with Crippen molar-refractivity contribution in [3.63, 3.8) is 0 Å². The molecule has 1 aromatic carbocycles. The summed E-state index contributed by atoms with van der Waals surface area (Å²) in [6, 6.07) is 7.68. The molecule has 9 heteroatoms. The standard InChI is InChI=1S/C29H37BrN2O5S/c1-6-8-15-37-27(36)21-22-25(34)32(20(17-33)18-12-10-9-11-13-18)24(29(22)16-19(30)23(21)38-29)26(35)31(14-7-2)28(3,4)5/h6-7,9-13,19-24,33H,1-2,8,14-17H2,3-5H3/t19?,20-,21+,22+,23+,24?,29?/m1/s1. The first-order valence-electron chi connectivity index (χ1n) is 13.0. The van der Waals surface area contributed by atoms with Crippen LogP contribution in [0, 0.1) is 11.8 Å². The minimum Gasteiger partial charge on any atom is -0.465 e. The largest absolute Gasteiger partial charge is 0.465 e. The lowest BCUT2D eigenvalue weighted by molar-refractivity contribution is -0.154. The van der Waals surface area contributed by atoms with Gasteiger partial charge in [-0.3, -0.25) is 14.4 Å². The molecule has 2 amide bonds. The van der Waals surface area contributed by atoms with E-state index in [1.807, 2.05) is 51.1 Å². The van der Waals surface area contributed by atoms with Gasteiger partial charge in [-0.2, -0.15) is 0 Å². The first kappa shape index (κ1) is 28.9. The molecule has 1 aromatic rings. The van der Waals surface area contributed by atoms with Crippen LogP contribution in [0.5, 0.6) is 0 Å². The molecular weight excluding hydrogens is 568 g/mol. The molecule has 0 aromatic heterocycles. The summed E-state index contributed by atoms with van der Waals surface area (Å²) in [5.41, 5.74) is 0.206. The number of alkyl halides is 1. The molecule has 3 saturated heterocycles. The number of aliphatic hydroxyl groups excluding tert-OH is 1. The molecule has 2 bridgehead atoms. The molecule has 0 aliphatic carbocycles. The van der Waals surface area contributed by atoms with Gasteiger partial charge < -0.3 is 19.6 Å². The predicted molar refractivity (Wildman–Crippen MR) is 153 cm³/mol. The molecular formula is C29H37BrN2O5S. The topological polar surface area (TPSA) is 87.1 Å². The van der Waals surface area contributed by atoms with Crippen LogP contribution in [0.15, 0.2) is 55.6 Å². The zero-order chi connectivity index (χ0) is 27.8. The van der Waals surface area contributed by atoms with E-state index in [0.29, 0.717) is 19.4 Å². The molecule has 38 heavy (non-hydrogen) atoms. The number of thioether (sulfide) groups is 1. The number of aliphatic hydroxyl groups is 1. The summed E-state index contributed by atoms with van der Waals surface area (Å²) in [5.74, 6) is -2.30. The Morgan fingerprint density at radius 3 is 2.55 bits per heavy atom. The van der Waals surface area contributed by atoms with Gasteiger partial charge in [0.1, 0.15) is 6.04 Å². The van der Waals surface area contributed by atoms with E-state index >= 15 is 0 Å². The van der Waals surface area contributed by atoms with E-state index in [0.717, 1.165) is 5.56 Å². The molecule has 3 fully saturated rings. The Morgan fingerprint density at radius 1 is 1.29 bits per heavy atom. The van der Waals surface area contributed by atoms with Gasteiger partial charge >= 0.3 is 5.97 Å². The van der Waals surface area contributed by atoms with Gasteiger partial charge in [0.25, 0.3) is 0 Å². The highest BCUT2D eigenvalue weighted by Crippen LogP contribution is 2.68. The number of nitrogens with zero attached hydrogens (tertiary/aromatic N) is 2. The molecule has 7 nitrogen and oxygen atoms in total. The van der Waals surface area contributed by atoms with Crippen molar-refractivity contribution in [3.8, 4) is 0 Å². The van der Waals surface area contributed by atoms with Crippen LogP contribution in [-0.2, 0) is 19.1 Å². The van der Waals surface area contributed by atoms with Crippen molar-refractivity contribution in [2.45, 2.75) is 66.1 Å². The molecule has 1 spiro atoms. The van der Waals surface area contributed by atoms with Crippen LogP contribution in [0.4, 0.5) is 0 Å². The molecule has 0 saturated carbocycles. The number of fused-ring (bicyclic) bond motifs is 1. The number of halogens is 1. The molecule has 3 aliphatic rings. The highest BCUT2D eigenvalue weighted by Gasteiger charge is 2.77. The van der Waals surface area contributed by atoms with Crippen LogP contribution >= 0.6 is 27.7 Å². The van der Waals surface area contributed by atoms with Crippen LogP contribution < -0.4 is 0 Å². The smallest absolute Gasteiger partial charge is 0.310 e. The minimum atomic E-state index is -0.863. The van der Waals surface area contributed by atoms with Crippen molar-refractivity contribution in [3.05, 3.63) is 61.2 Å². The van der Waals surface area contributed by atoms with Gasteiger partial charge in [-0.1, -0.05) is 58.4 Å². The number of hydrogen-bond donors (Lipinski definition) is 1. The molecule has 3 unspecified atom stereocenters. The van der Waals surface area contributed by atoms with Gasteiger partial charge in [0.15, 0.2) is 0 Å². The van der Waals surface area contributed by atoms with Crippen molar-refractivity contribution in [1.82, 2.24) is 9.80 Å². The third-order valence-electron chi connectivity index (χ3n) is 7.88. The van der Waals surface area contributed by atoms with Gasteiger partial charge in [-0.05, 0) is 39.2 Å². The summed E-state index contributed by atoms with van der Waals surface area (Å²) < 4.78 is 4.76. The normalized spacial score (nSPS) is 30.6. The summed E-state index contributed by atoms with van der Waals surface area (Å²) in [4.78, 5) is 45.6. The zero-order valence-electron chi connectivity index (χ0n) is 22.2. The molecule has 3 aliphatic heterocycles. The number of amides is 2. The molecule has 206 valence electrons. The van der Waals surface area contributed by atoms with Crippen molar-refractivity contribution in [2.24, 2.45) is 11.8 Å². The molecule has 3 heterocycles. The first-order valence-corrected chi connectivity index (χ1v) is 14.8. The number of rotatable bonds is 10. The number of ether oxygens (including phenoxy) is 1. The minimum absolute atomic E-state index is 0.0597. The van der Waals surface area contributed by atoms with E-state index in [1.165, 1.54) is 0 Å². The van der Waals surface area contributed by atoms with Gasteiger partial charge in [0, 0.05) is 22.2 Å². The fraction of sp³-hybridized carbons (Fsp3) is 0.552. The predicted octanol–water partition coefficient (Wildman–Crippen LogP) is 4.12. The number of carbonyl (C=O) groups is 3. The number of benzene rings is 1. The summed E-state index contributed by atoms with van der Waals surface area (Å²) in [6.07, 6.45) is 4.45. The first-order chi connectivity index (χ1) is 18.0. The Labute approximate surface area is 237 Å². The average molecular weight is 606 g/mol. The maximum absolute atomic E-state index is 14.6. The summed E-state index contributed by atoms with van der Waals surface area (Å²) in [7, 11) is 0. The average Bonchev–Trinajstić information content (AvgIpc) is 3.46. The summed E-state index contributed by atoms with van der Waals surface area (Å²) >= 11 is 5.34. The van der Waals surface area contributed by atoms with Crippen LogP contribution in [0.3, 0.4) is 0 Å². The Bertz CT molecular complexity index is 1090. The Kier molecular flexibility index (Phi) is 8.50. The Balaban J connectivity index is 1.85. The maximum Gasteiger partial charge on any atom is 0.310 e. The third kappa shape index (κ3) is 4.75. The van der Waals surface area contributed by atoms with Crippen LogP contribution in [0.2, 0.25) is 0 Å². The highest BCUT2D eigenvalue weighted by atomic mass is 79.9. The zero-order valence-corrected chi connectivity index (χ0v) is 24.6. The number of carbonyl (C=O) groups excluding carboxylic acids is 3. The van der Waals surface area contributed by atoms with Crippen LogP contribution in [0.1, 0.15) is 45.2 Å². The fourth-order valence-electron chi connectivity index (χ4n) is 6.29. The monoisotopic (exact) mass is 604 g/mol. The lowest BCUT2D eigenvalue weighted by atomic mass is 9.71.